The van der Waals surface area contributed by atoms with Crippen LogP contribution in [-0.2, 0) is 22.9 Å². The fraction of sp³-hybridized carbons (Fsp3) is 0.250. The number of hydrogen-bond acceptors (Lipinski definition) is 5. The predicted octanol–water partition coefficient (Wildman–Crippen LogP) is 5.07. The highest BCUT2D eigenvalue weighted by atomic mass is 35.5. The molecule has 2 heterocycles. The van der Waals surface area contributed by atoms with E-state index >= 15 is 4.39 Å². The van der Waals surface area contributed by atoms with E-state index in [4.69, 9.17) is 16.0 Å². The van der Waals surface area contributed by atoms with Gasteiger partial charge in [0.15, 0.2) is 5.58 Å². The highest BCUT2D eigenvalue weighted by Gasteiger charge is 2.26. The van der Waals surface area contributed by atoms with E-state index in [9.17, 15) is 13.2 Å². The van der Waals surface area contributed by atoms with Gasteiger partial charge >= 0.3 is 5.76 Å². The SMILES string of the molecule is C[C@H](c1cccc2c1CCCC2)n1c(=O)oc2cc(S(=O)(=O)Nc3cc(Cl)ccn3)c(F)cc21. The molecule has 0 unspecified atom stereocenters. The Morgan fingerprint density at radius 1 is 1.18 bits per heavy atom. The Bertz CT molecular complexity index is 1580. The van der Waals surface area contributed by atoms with Crippen LogP contribution in [0.25, 0.3) is 11.1 Å². The van der Waals surface area contributed by atoms with Crippen LogP contribution in [0.2, 0.25) is 5.02 Å². The first-order valence-corrected chi connectivity index (χ1v) is 12.7. The fourth-order valence-corrected chi connectivity index (χ4v) is 5.84. The number of sulfonamides is 1. The number of pyridine rings is 1. The molecule has 34 heavy (non-hydrogen) atoms. The third kappa shape index (κ3) is 3.99. The van der Waals surface area contributed by atoms with Crippen molar-refractivity contribution < 1.29 is 17.2 Å². The van der Waals surface area contributed by atoms with Crippen molar-refractivity contribution in [2.24, 2.45) is 0 Å². The zero-order chi connectivity index (χ0) is 24.0. The second kappa shape index (κ2) is 8.56. The van der Waals surface area contributed by atoms with Crippen LogP contribution in [0.5, 0.6) is 0 Å². The van der Waals surface area contributed by atoms with Crippen LogP contribution >= 0.6 is 11.6 Å². The summed E-state index contributed by atoms with van der Waals surface area (Å²) >= 11 is 5.87. The minimum atomic E-state index is -4.36. The molecular formula is C24H21ClFN3O4S. The highest BCUT2D eigenvalue weighted by molar-refractivity contribution is 7.92. The van der Waals surface area contributed by atoms with Gasteiger partial charge in [-0.1, -0.05) is 29.8 Å². The van der Waals surface area contributed by atoms with E-state index in [0.29, 0.717) is 0 Å². The van der Waals surface area contributed by atoms with Gasteiger partial charge in [0, 0.05) is 29.4 Å². The Labute approximate surface area is 200 Å². The van der Waals surface area contributed by atoms with E-state index in [-0.39, 0.29) is 21.9 Å². The van der Waals surface area contributed by atoms with Gasteiger partial charge in [-0.15, -0.1) is 0 Å². The van der Waals surface area contributed by atoms with Gasteiger partial charge in [0.25, 0.3) is 10.0 Å². The van der Waals surface area contributed by atoms with Crippen molar-refractivity contribution in [1.29, 1.82) is 0 Å². The van der Waals surface area contributed by atoms with E-state index in [1.54, 1.807) is 0 Å². The van der Waals surface area contributed by atoms with Crippen molar-refractivity contribution in [3.8, 4) is 0 Å². The maximum atomic E-state index is 15.1. The number of halogens is 2. The molecule has 2 aromatic heterocycles. The lowest BCUT2D eigenvalue weighted by Crippen LogP contribution is -2.21. The summed E-state index contributed by atoms with van der Waals surface area (Å²) in [6.45, 7) is 1.86. The Balaban J connectivity index is 1.58. The number of hydrogen-bond donors (Lipinski definition) is 1. The zero-order valence-corrected chi connectivity index (χ0v) is 19.8. The molecule has 1 N–H and O–H groups in total. The quantitative estimate of drug-likeness (QED) is 0.412. The van der Waals surface area contributed by atoms with E-state index < -0.39 is 32.5 Å². The zero-order valence-electron chi connectivity index (χ0n) is 18.2. The average Bonchev–Trinajstić information content (AvgIpc) is 3.12. The van der Waals surface area contributed by atoms with E-state index in [0.717, 1.165) is 43.4 Å². The minimum absolute atomic E-state index is 0.0255. The molecule has 0 aliphatic heterocycles. The number of fused-ring (bicyclic) bond motifs is 2. The van der Waals surface area contributed by atoms with E-state index in [2.05, 4.69) is 15.8 Å². The summed E-state index contributed by atoms with van der Waals surface area (Å²) in [5.41, 5.74) is 3.61. The minimum Gasteiger partial charge on any atom is -0.408 e. The van der Waals surface area contributed by atoms with Crippen molar-refractivity contribution in [2.75, 3.05) is 4.72 Å². The van der Waals surface area contributed by atoms with Gasteiger partial charge in [0.1, 0.15) is 16.5 Å². The van der Waals surface area contributed by atoms with Gasteiger partial charge in [-0.25, -0.2) is 22.6 Å². The summed E-state index contributed by atoms with van der Waals surface area (Å²) in [6, 6.07) is 10.4. The number of aryl methyl sites for hydroxylation is 1. The Kier molecular flexibility index (Phi) is 5.69. The van der Waals surface area contributed by atoms with Gasteiger partial charge in [0.05, 0.1) is 11.6 Å². The molecule has 7 nitrogen and oxygen atoms in total. The lowest BCUT2D eigenvalue weighted by Gasteiger charge is -2.23. The monoisotopic (exact) mass is 501 g/mol. The third-order valence-corrected chi connectivity index (χ3v) is 7.79. The lowest BCUT2D eigenvalue weighted by molar-refractivity contribution is 0.487. The first-order chi connectivity index (χ1) is 16.2. The smallest absolute Gasteiger partial charge is 0.408 e. The molecule has 0 saturated heterocycles. The number of benzene rings is 2. The van der Waals surface area contributed by atoms with Crippen molar-refractivity contribution in [3.63, 3.8) is 0 Å². The first kappa shape index (κ1) is 22.6. The number of oxazole rings is 1. The third-order valence-electron chi connectivity index (χ3n) is 6.19. The van der Waals surface area contributed by atoms with Crippen molar-refractivity contribution in [1.82, 2.24) is 9.55 Å². The van der Waals surface area contributed by atoms with E-state index in [1.807, 2.05) is 19.1 Å². The van der Waals surface area contributed by atoms with Gasteiger partial charge in [-0.3, -0.25) is 9.29 Å². The van der Waals surface area contributed by atoms with Gasteiger partial charge in [0.2, 0.25) is 0 Å². The normalized spacial score (nSPS) is 14.7. The number of nitrogens with zero attached hydrogens (tertiary/aromatic N) is 2. The standard InChI is InChI=1S/C24H21ClFN3O4S/c1-14(17-8-4-6-15-5-2-3-7-18(15)17)29-20-12-19(26)22(13-21(20)33-24(29)30)34(31,32)28-23-11-16(25)9-10-27-23/h4,6,8-14H,2-3,5,7H2,1H3,(H,27,28)/t14-/m1/s1. The molecule has 0 amide bonds. The van der Waals surface area contributed by atoms with Crippen molar-refractivity contribution >= 4 is 38.5 Å². The molecule has 2 aromatic carbocycles. The molecule has 0 bridgehead atoms. The molecule has 0 saturated carbocycles. The van der Waals surface area contributed by atoms with E-state index in [1.165, 1.54) is 34.0 Å². The first-order valence-electron chi connectivity index (χ1n) is 10.8. The molecule has 0 spiro atoms. The molecule has 4 aromatic rings. The summed E-state index contributed by atoms with van der Waals surface area (Å²) < 4.78 is 49.7. The molecule has 5 rings (SSSR count). The molecule has 10 heteroatoms. The topological polar surface area (TPSA) is 94.2 Å². The van der Waals surface area contributed by atoms with Crippen LogP contribution in [0, 0.1) is 5.82 Å². The maximum Gasteiger partial charge on any atom is 0.420 e. The number of rotatable bonds is 5. The second-order valence-electron chi connectivity index (χ2n) is 8.32. The summed E-state index contributed by atoms with van der Waals surface area (Å²) in [4.78, 5) is 16.0. The second-order valence-corrected chi connectivity index (χ2v) is 10.4. The lowest BCUT2D eigenvalue weighted by atomic mass is 9.86. The molecule has 1 aliphatic rings. The summed E-state index contributed by atoms with van der Waals surface area (Å²) in [7, 11) is -4.36. The largest absolute Gasteiger partial charge is 0.420 e. The number of nitrogens with one attached hydrogen (secondary N) is 1. The van der Waals surface area contributed by atoms with Crippen LogP contribution in [0.15, 0.2) is 62.8 Å². The maximum absolute atomic E-state index is 15.1. The Hall–Kier alpha value is -3.17. The fourth-order valence-electron chi connectivity index (χ4n) is 4.60. The molecule has 1 atom stereocenters. The predicted molar refractivity (Wildman–Crippen MR) is 127 cm³/mol. The molecule has 0 radical (unpaired) electrons. The molecule has 0 fully saturated rings. The highest BCUT2D eigenvalue weighted by Crippen LogP contribution is 2.32. The Morgan fingerprint density at radius 3 is 2.76 bits per heavy atom. The van der Waals surface area contributed by atoms with Gasteiger partial charge in [-0.05, 0) is 55.4 Å². The number of aromatic nitrogens is 2. The summed E-state index contributed by atoms with van der Waals surface area (Å²) in [5, 5.41) is 0.267. The van der Waals surface area contributed by atoms with Gasteiger partial charge in [-0.2, -0.15) is 0 Å². The van der Waals surface area contributed by atoms with Crippen LogP contribution in [0.1, 0.15) is 42.5 Å². The molecular weight excluding hydrogens is 481 g/mol. The summed E-state index contributed by atoms with van der Waals surface area (Å²) in [6.07, 6.45) is 5.42. The van der Waals surface area contributed by atoms with Crippen LogP contribution in [0.4, 0.5) is 10.2 Å². The Morgan fingerprint density at radius 2 is 1.97 bits per heavy atom. The molecule has 1 aliphatic carbocycles. The van der Waals surface area contributed by atoms with Crippen LogP contribution < -0.4 is 10.5 Å². The number of anilines is 1. The van der Waals surface area contributed by atoms with Crippen LogP contribution in [0.3, 0.4) is 0 Å². The van der Waals surface area contributed by atoms with Gasteiger partial charge < -0.3 is 4.42 Å². The van der Waals surface area contributed by atoms with Crippen molar-refractivity contribution in [3.05, 3.63) is 86.7 Å². The average molecular weight is 502 g/mol. The summed E-state index contributed by atoms with van der Waals surface area (Å²) in [5.74, 6) is -1.76. The molecule has 176 valence electrons. The van der Waals surface area contributed by atoms with Crippen LogP contribution in [-0.4, -0.2) is 18.0 Å². The van der Waals surface area contributed by atoms with Crippen molar-refractivity contribution in [2.45, 2.75) is 43.5 Å².